The molecular formula is C12H14F3N. The summed E-state index contributed by atoms with van der Waals surface area (Å²) in [5.41, 5.74) is 5.16. The van der Waals surface area contributed by atoms with Gasteiger partial charge in [-0.2, -0.15) is 0 Å². The van der Waals surface area contributed by atoms with Crippen LogP contribution < -0.4 is 5.73 Å². The van der Waals surface area contributed by atoms with E-state index >= 15 is 0 Å². The van der Waals surface area contributed by atoms with Crippen LogP contribution in [0.3, 0.4) is 0 Å². The lowest BCUT2D eigenvalue weighted by Gasteiger charge is -2.42. The van der Waals surface area contributed by atoms with E-state index < -0.39 is 23.2 Å². The number of alkyl halides is 2. The van der Waals surface area contributed by atoms with Crippen molar-refractivity contribution in [2.24, 2.45) is 5.73 Å². The molecule has 1 saturated carbocycles. The molecule has 0 unspecified atom stereocenters. The van der Waals surface area contributed by atoms with Crippen LogP contribution >= 0.6 is 0 Å². The predicted molar refractivity (Wildman–Crippen MR) is 55.9 cm³/mol. The van der Waals surface area contributed by atoms with Crippen LogP contribution in [-0.2, 0) is 5.41 Å². The molecule has 0 radical (unpaired) electrons. The van der Waals surface area contributed by atoms with Crippen LogP contribution in [-0.4, -0.2) is 6.54 Å². The number of hydrogen-bond donors (Lipinski definition) is 1. The zero-order valence-electron chi connectivity index (χ0n) is 8.85. The summed E-state index contributed by atoms with van der Waals surface area (Å²) in [6, 6.07) is 4.14. The normalized spacial score (nSPS) is 18.6. The standard InChI is InChI=1S/C12H14F3N/c13-9-4-1-3-8(10(9)11(14)15)12(7-16)5-2-6-12/h1,3-4,11H,2,5-7,16H2. The minimum atomic E-state index is -2.78. The minimum absolute atomic E-state index is 0.302. The van der Waals surface area contributed by atoms with Crippen molar-refractivity contribution in [3.8, 4) is 0 Å². The van der Waals surface area contributed by atoms with Crippen LogP contribution in [0.4, 0.5) is 13.2 Å². The van der Waals surface area contributed by atoms with Crippen molar-refractivity contribution in [2.75, 3.05) is 6.54 Å². The molecule has 4 heteroatoms. The van der Waals surface area contributed by atoms with E-state index in [4.69, 9.17) is 5.73 Å². The maximum absolute atomic E-state index is 13.4. The van der Waals surface area contributed by atoms with Gasteiger partial charge in [0.2, 0.25) is 0 Å². The fraction of sp³-hybridized carbons (Fsp3) is 0.500. The molecule has 0 bridgehead atoms. The molecular weight excluding hydrogens is 215 g/mol. The molecule has 0 amide bonds. The maximum atomic E-state index is 13.4. The Hall–Kier alpha value is -1.03. The molecule has 1 fully saturated rings. The quantitative estimate of drug-likeness (QED) is 0.846. The Labute approximate surface area is 92.5 Å². The molecule has 1 aromatic carbocycles. The van der Waals surface area contributed by atoms with Gasteiger partial charge in [0.05, 0.1) is 5.56 Å². The first-order chi connectivity index (χ1) is 7.60. The van der Waals surface area contributed by atoms with Crippen LogP contribution in [0, 0.1) is 5.82 Å². The van der Waals surface area contributed by atoms with Gasteiger partial charge in [-0.3, -0.25) is 0 Å². The zero-order valence-corrected chi connectivity index (χ0v) is 8.85. The topological polar surface area (TPSA) is 26.0 Å². The average molecular weight is 229 g/mol. The highest BCUT2D eigenvalue weighted by atomic mass is 19.3. The molecule has 2 rings (SSSR count). The van der Waals surface area contributed by atoms with Crippen molar-refractivity contribution < 1.29 is 13.2 Å². The van der Waals surface area contributed by atoms with E-state index in [9.17, 15) is 13.2 Å². The molecule has 16 heavy (non-hydrogen) atoms. The molecule has 2 N–H and O–H groups in total. The third-order valence-corrected chi connectivity index (χ3v) is 3.54. The summed E-state index contributed by atoms with van der Waals surface area (Å²) in [5, 5.41) is 0. The smallest absolute Gasteiger partial charge is 0.266 e. The summed E-state index contributed by atoms with van der Waals surface area (Å²) in [6.45, 7) is 0.302. The molecule has 0 spiro atoms. The molecule has 0 heterocycles. The van der Waals surface area contributed by atoms with Crippen molar-refractivity contribution in [3.63, 3.8) is 0 Å². The molecule has 0 aliphatic heterocycles. The number of nitrogens with two attached hydrogens (primary N) is 1. The van der Waals surface area contributed by atoms with Gasteiger partial charge in [0.25, 0.3) is 6.43 Å². The van der Waals surface area contributed by atoms with E-state index in [1.54, 1.807) is 6.07 Å². The largest absolute Gasteiger partial charge is 0.330 e. The number of hydrogen-bond acceptors (Lipinski definition) is 1. The van der Waals surface area contributed by atoms with Gasteiger partial charge in [0.1, 0.15) is 5.82 Å². The summed E-state index contributed by atoms with van der Waals surface area (Å²) in [5.74, 6) is -0.827. The maximum Gasteiger partial charge on any atom is 0.266 e. The molecule has 1 aromatic rings. The fourth-order valence-corrected chi connectivity index (χ4v) is 2.41. The van der Waals surface area contributed by atoms with Gasteiger partial charge in [-0.15, -0.1) is 0 Å². The van der Waals surface area contributed by atoms with E-state index in [2.05, 4.69) is 0 Å². The monoisotopic (exact) mass is 229 g/mol. The molecule has 88 valence electrons. The van der Waals surface area contributed by atoms with Gasteiger partial charge in [0.15, 0.2) is 0 Å². The molecule has 1 aliphatic carbocycles. The number of benzene rings is 1. The minimum Gasteiger partial charge on any atom is -0.330 e. The predicted octanol–water partition coefficient (Wildman–Crippen LogP) is 3.14. The van der Waals surface area contributed by atoms with Crippen LogP contribution in [0.5, 0.6) is 0 Å². The van der Waals surface area contributed by atoms with Gasteiger partial charge in [-0.05, 0) is 24.5 Å². The lowest BCUT2D eigenvalue weighted by atomic mass is 9.63. The van der Waals surface area contributed by atoms with Gasteiger partial charge >= 0.3 is 0 Å². The SMILES string of the molecule is NCC1(c2cccc(F)c2C(F)F)CCC1. The Kier molecular flexibility index (Phi) is 2.93. The van der Waals surface area contributed by atoms with E-state index in [1.807, 2.05) is 0 Å². The van der Waals surface area contributed by atoms with Gasteiger partial charge in [-0.25, -0.2) is 13.2 Å². The van der Waals surface area contributed by atoms with Crippen LogP contribution in [0.15, 0.2) is 18.2 Å². The Morgan fingerprint density at radius 2 is 2.00 bits per heavy atom. The van der Waals surface area contributed by atoms with Crippen molar-refractivity contribution in [2.45, 2.75) is 31.1 Å². The Morgan fingerprint density at radius 3 is 2.44 bits per heavy atom. The lowest BCUT2D eigenvalue weighted by molar-refractivity contribution is 0.138. The second-order valence-corrected chi connectivity index (χ2v) is 4.34. The molecule has 0 aromatic heterocycles. The summed E-state index contributed by atoms with van der Waals surface area (Å²) in [6.07, 6.45) is -0.268. The summed E-state index contributed by atoms with van der Waals surface area (Å²) in [7, 11) is 0. The molecule has 0 atom stereocenters. The van der Waals surface area contributed by atoms with Crippen molar-refractivity contribution in [1.29, 1.82) is 0 Å². The van der Waals surface area contributed by atoms with Crippen molar-refractivity contribution in [3.05, 3.63) is 35.1 Å². The molecule has 1 aliphatic rings. The molecule has 1 nitrogen and oxygen atoms in total. The van der Waals surface area contributed by atoms with Gasteiger partial charge in [-0.1, -0.05) is 18.6 Å². The van der Waals surface area contributed by atoms with E-state index in [-0.39, 0.29) is 0 Å². The first-order valence-corrected chi connectivity index (χ1v) is 5.38. The molecule has 0 saturated heterocycles. The first kappa shape index (κ1) is 11.5. The number of halogens is 3. The lowest BCUT2D eigenvalue weighted by Crippen LogP contribution is -2.42. The van der Waals surface area contributed by atoms with E-state index in [0.29, 0.717) is 12.1 Å². The second kappa shape index (κ2) is 4.09. The first-order valence-electron chi connectivity index (χ1n) is 5.38. The highest BCUT2D eigenvalue weighted by Crippen LogP contribution is 2.46. The highest BCUT2D eigenvalue weighted by Gasteiger charge is 2.40. The van der Waals surface area contributed by atoms with Crippen LogP contribution in [0.1, 0.15) is 36.8 Å². The zero-order chi connectivity index (χ0) is 11.8. The van der Waals surface area contributed by atoms with Crippen LogP contribution in [0.2, 0.25) is 0 Å². The highest BCUT2D eigenvalue weighted by molar-refractivity contribution is 5.38. The third-order valence-electron chi connectivity index (χ3n) is 3.54. The fourth-order valence-electron chi connectivity index (χ4n) is 2.41. The van der Waals surface area contributed by atoms with Crippen molar-refractivity contribution in [1.82, 2.24) is 0 Å². The van der Waals surface area contributed by atoms with Crippen LogP contribution in [0.25, 0.3) is 0 Å². The Balaban J connectivity index is 2.51. The average Bonchev–Trinajstić information content (AvgIpc) is 2.16. The van der Waals surface area contributed by atoms with Gasteiger partial charge in [0, 0.05) is 12.0 Å². The van der Waals surface area contributed by atoms with E-state index in [0.717, 1.165) is 25.3 Å². The van der Waals surface area contributed by atoms with Crippen molar-refractivity contribution >= 4 is 0 Å². The Morgan fingerprint density at radius 1 is 1.31 bits per heavy atom. The Bertz CT molecular complexity index is 380. The summed E-state index contributed by atoms with van der Waals surface area (Å²) >= 11 is 0. The van der Waals surface area contributed by atoms with E-state index in [1.165, 1.54) is 6.07 Å². The second-order valence-electron chi connectivity index (χ2n) is 4.34. The van der Waals surface area contributed by atoms with Gasteiger partial charge < -0.3 is 5.73 Å². The third kappa shape index (κ3) is 1.61. The summed E-state index contributed by atoms with van der Waals surface area (Å²) in [4.78, 5) is 0. The summed E-state index contributed by atoms with van der Waals surface area (Å²) < 4.78 is 39.1. The number of rotatable bonds is 3.